The standard InChI is InChI=1S/C55H97NO8/c1-6-8-10-12-14-16-18-20-21-22-23-24-25-26-27-28-29-30-31-32-33-34-36-38-40-42-44-46-53(58)64-51(50-63-55(54(59)60)61-48-47-56(3,4)5)49-62-52(57)45-43-41-39-37-35-19-17-15-13-11-9-7-2/h8,10,14,16,20-21,23-24,26-27,51,55H,6-7,9,11-13,15,17-19,22,25,28-50H2,1-5H3/b10-8-,16-14-,21-20-,24-23-,27-26-. The van der Waals surface area contributed by atoms with E-state index < -0.39 is 24.3 Å². The zero-order chi connectivity index (χ0) is 47.0. The lowest BCUT2D eigenvalue weighted by Gasteiger charge is -2.26. The number of carbonyl (C=O) groups excluding carboxylic acids is 3. The Morgan fingerprint density at radius 1 is 0.484 bits per heavy atom. The quantitative estimate of drug-likeness (QED) is 0.0195. The van der Waals surface area contributed by atoms with E-state index in [4.69, 9.17) is 18.9 Å². The molecule has 370 valence electrons. The summed E-state index contributed by atoms with van der Waals surface area (Å²) in [6.45, 7) is 4.63. The number of hydrogen-bond acceptors (Lipinski definition) is 8. The maximum Gasteiger partial charge on any atom is 0.306 e. The maximum absolute atomic E-state index is 12.8. The molecular formula is C55H97NO8. The molecule has 0 aliphatic carbocycles. The van der Waals surface area contributed by atoms with E-state index in [0.29, 0.717) is 23.9 Å². The minimum atomic E-state index is -1.62. The summed E-state index contributed by atoms with van der Waals surface area (Å²) in [5.41, 5.74) is 0. The molecule has 64 heavy (non-hydrogen) atoms. The number of quaternary nitrogens is 1. The van der Waals surface area contributed by atoms with Crippen molar-refractivity contribution in [2.75, 3.05) is 47.5 Å². The molecule has 0 aromatic carbocycles. The number of unbranched alkanes of at least 4 members (excludes halogenated alkanes) is 22. The molecule has 0 amide bonds. The molecule has 0 saturated carbocycles. The predicted octanol–water partition coefficient (Wildman–Crippen LogP) is 13.2. The number of rotatable bonds is 47. The second-order valence-corrected chi connectivity index (χ2v) is 18.4. The van der Waals surface area contributed by atoms with Crippen molar-refractivity contribution in [1.29, 1.82) is 0 Å². The average molecular weight is 900 g/mol. The van der Waals surface area contributed by atoms with Crippen LogP contribution >= 0.6 is 0 Å². The Bertz CT molecular complexity index is 1230. The Hall–Kier alpha value is -3.01. The third-order valence-corrected chi connectivity index (χ3v) is 11.0. The van der Waals surface area contributed by atoms with Gasteiger partial charge in [0.1, 0.15) is 13.2 Å². The van der Waals surface area contributed by atoms with E-state index >= 15 is 0 Å². The van der Waals surface area contributed by atoms with Crippen molar-refractivity contribution in [2.24, 2.45) is 0 Å². The fourth-order valence-corrected chi connectivity index (χ4v) is 7.03. The van der Waals surface area contributed by atoms with Crippen molar-refractivity contribution >= 4 is 17.9 Å². The van der Waals surface area contributed by atoms with Crippen LogP contribution < -0.4 is 5.11 Å². The first-order chi connectivity index (χ1) is 31.1. The van der Waals surface area contributed by atoms with Gasteiger partial charge in [-0.15, -0.1) is 0 Å². The highest BCUT2D eigenvalue weighted by Crippen LogP contribution is 2.15. The van der Waals surface area contributed by atoms with E-state index in [0.717, 1.165) is 77.0 Å². The summed E-state index contributed by atoms with van der Waals surface area (Å²) in [7, 11) is 5.91. The van der Waals surface area contributed by atoms with Gasteiger partial charge in [0.15, 0.2) is 12.4 Å². The molecule has 0 spiro atoms. The Morgan fingerprint density at radius 2 is 0.891 bits per heavy atom. The summed E-state index contributed by atoms with van der Waals surface area (Å²) in [6, 6.07) is 0. The Morgan fingerprint density at radius 3 is 1.33 bits per heavy atom. The number of hydrogen-bond donors (Lipinski definition) is 0. The van der Waals surface area contributed by atoms with Crippen LogP contribution in [0.25, 0.3) is 0 Å². The van der Waals surface area contributed by atoms with E-state index in [2.05, 4.69) is 74.6 Å². The monoisotopic (exact) mass is 900 g/mol. The van der Waals surface area contributed by atoms with Crippen LogP contribution in [0.3, 0.4) is 0 Å². The zero-order valence-corrected chi connectivity index (χ0v) is 41.9. The number of esters is 2. The molecule has 0 rings (SSSR count). The molecule has 2 atom stereocenters. The van der Waals surface area contributed by atoms with Crippen LogP contribution in [0, 0.1) is 0 Å². The predicted molar refractivity (Wildman–Crippen MR) is 265 cm³/mol. The third kappa shape index (κ3) is 47.0. The summed E-state index contributed by atoms with van der Waals surface area (Å²) in [5, 5.41) is 11.7. The molecule has 0 fully saturated rings. The largest absolute Gasteiger partial charge is 0.545 e. The van der Waals surface area contributed by atoms with E-state index in [1.54, 1.807) is 0 Å². The lowest BCUT2D eigenvalue weighted by molar-refractivity contribution is -0.870. The van der Waals surface area contributed by atoms with E-state index in [1.165, 1.54) is 103 Å². The van der Waals surface area contributed by atoms with Crippen LogP contribution in [-0.4, -0.2) is 82.3 Å². The maximum atomic E-state index is 12.8. The molecule has 0 aromatic heterocycles. The molecule has 9 heteroatoms. The molecule has 0 aliphatic heterocycles. The lowest BCUT2D eigenvalue weighted by Crippen LogP contribution is -2.44. The minimum absolute atomic E-state index is 0.146. The second-order valence-electron chi connectivity index (χ2n) is 18.4. The number of carboxylic acids is 1. The van der Waals surface area contributed by atoms with Crippen LogP contribution in [0.5, 0.6) is 0 Å². The SMILES string of the molecule is CC/C=C\C/C=C\C/C=C\C/C=C\C/C=C\CCCCCCCCCCCCCC(=O)OC(COC(=O)CCCCCCCCCCCCCC)COC(OCC[N+](C)(C)C)C(=O)[O-]. The summed E-state index contributed by atoms with van der Waals surface area (Å²) in [6.07, 6.45) is 54.0. The van der Waals surface area contributed by atoms with Gasteiger partial charge in [0.05, 0.1) is 40.3 Å². The third-order valence-electron chi connectivity index (χ3n) is 11.0. The Kier molecular flexibility index (Phi) is 44.3. The van der Waals surface area contributed by atoms with Crippen LogP contribution in [0.2, 0.25) is 0 Å². The van der Waals surface area contributed by atoms with E-state index in [-0.39, 0.29) is 32.2 Å². The number of carboxylic acid groups (broad SMARTS) is 1. The highest BCUT2D eigenvalue weighted by Gasteiger charge is 2.22. The number of nitrogens with zero attached hydrogens (tertiary/aromatic N) is 1. The first-order valence-electron chi connectivity index (χ1n) is 25.9. The van der Waals surface area contributed by atoms with Crippen LogP contribution in [0.4, 0.5) is 0 Å². The number of ether oxygens (including phenoxy) is 4. The van der Waals surface area contributed by atoms with Gasteiger partial charge in [-0.05, 0) is 57.8 Å². The van der Waals surface area contributed by atoms with Crippen LogP contribution in [0.15, 0.2) is 60.8 Å². The van der Waals surface area contributed by atoms with Crippen molar-refractivity contribution in [3.05, 3.63) is 60.8 Å². The minimum Gasteiger partial charge on any atom is -0.545 e. The molecule has 0 aliphatic rings. The summed E-state index contributed by atoms with van der Waals surface area (Å²) < 4.78 is 22.6. The highest BCUT2D eigenvalue weighted by molar-refractivity contribution is 5.70. The fourth-order valence-electron chi connectivity index (χ4n) is 7.03. The van der Waals surface area contributed by atoms with Gasteiger partial charge in [0.2, 0.25) is 0 Å². The fraction of sp³-hybridized carbons (Fsp3) is 0.764. The number of aliphatic carboxylic acids is 1. The molecule has 0 bridgehead atoms. The van der Waals surface area contributed by atoms with Crippen LogP contribution in [-0.2, 0) is 33.3 Å². The van der Waals surface area contributed by atoms with Crippen molar-refractivity contribution in [2.45, 2.75) is 225 Å². The first-order valence-corrected chi connectivity index (χ1v) is 25.9. The van der Waals surface area contributed by atoms with Gasteiger partial charge in [-0.3, -0.25) is 9.59 Å². The van der Waals surface area contributed by atoms with Crippen molar-refractivity contribution in [1.82, 2.24) is 0 Å². The first kappa shape index (κ1) is 61.0. The van der Waals surface area contributed by atoms with Crippen LogP contribution in [0.1, 0.15) is 213 Å². The number of likely N-dealkylation sites (N-methyl/N-ethyl adjacent to an activating group) is 1. The van der Waals surface area contributed by atoms with Gasteiger partial charge < -0.3 is 33.3 Å². The van der Waals surface area contributed by atoms with Crippen molar-refractivity contribution in [3.63, 3.8) is 0 Å². The van der Waals surface area contributed by atoms with Gasteiger partial charge in [-0.25, -0.2) is 0 Å². The highest BCUT2D eigenvalue weighted by atomic mass is 16.7. The smallest absolute Gasteiger partial charge is 0.306 e. The number of carbonyl (C=O) groups is 3. The summed E-state index contributed by atoms with van der Waals surface area (Å²) in [4.78, 5) is 37.1. The molecule has 9 nitrogen and oxygen atoms in total. The topological polar surface area (TPSA) is 111 Å². The summed E-state index contributed by atoms with van der Waals surface area (Å²) in [5.74, 6) is -2.28. The normalized spacial score (nSPS) is 13.3. The van der Waals surface area contributed by atoms with Gasteiger partial charge in [0.25, 0.3) is 0 Å². The molecule has 2 unspecified atom stereocenters. The second kappa shape index (κ2) is 46.5. The van der Waals surface area contributed by atoms with Crippen molar-refractivity contribution in [3.8, 4) is 0 Å². The Labute approximate surface area is 393 Å². The van der Waals surface area contributed by atoms with Gasteiger partial charge >= 0.3 is 11.9 Å². The number of allylic oxidation sites excluding steroid dienone is 10. The van der Waals surface area contributed by atoms with Crippen molar-refractivity contribution < 1.29 is 42.9 Å². The molecule has 0 aromatic rings. The van der Waals surface area contributed by atoms with Gasteiger partial charge in [0, 0.05) is 12.8 Å². The molecule has 0 radical (unpaired) electrons. The molecular weight excluding hydrogens is 803 g/mol. The Balaban J connectivity index is 4.25. The van der Waals surface area contributed by atoms with Gasteiger partial charge in [-0.2, -0.15) is 0 Å². The van der Waals surface area contributed by atoms with E-state index in [1.807, 2.05) is 21.1 Å². The molecule has 0 N–H and O–H groups in total. The van der Waals surface area contributed by atoms with E-state index in [9.17, 15) is 19.5 Å². The summed E-state index contributed by atoms with van der Waals surface area (Å²) >= 11 is 0. The molecule has 0 saturated heterocycles. The zero-order valence-electron chi connectivity index (χ0n) is 41.9. The van der Waals surface area contributed by atoms with Gasteiger partial charge in [-0.1, -0.05) is 203 Å². The lowest BCUT2D eigenvalue weighted by atomic mass is 10.0. The average Bonchev–Trinajstić information content (AvgIpc) is 3.26. The molecule has 0 heterocycles.